The number of hydrogen-bond donors (Lipinski definition) is 1. The van der Waals surface area contributed by atoms with Gasteiger partial charge >= 0.3 is 0 Å². The number of halogens is 1. The van der Waals surface area contributed by atoms with Crippen LogP contribution < -0.4 is 4.90 Å². The molecule has 0 aliphatic carbocycles. The average Bonchev–Trinajstić information content (AvgIpc) is 3.37. The Morgan fingerprint density at radius 1 is 0.919 bits per heavy atom. The summed E-state index contributed by atoms with van der Waals surface area (Å²) >= 11 is 0. The fraction of sp³-hybridized carbons (Fsp3) is 0.310. The molecule has 4 aromatic rings. The molecule has 37 heavy (non-hydrogen) atoms. The van der Waals surface area contributed by atoms with E-state index in [9.17, 15) is 4.79 Å². The number of ether oxygens (including phenoxy) is 1. The highest BCUT2D eigenvalue weighted by Gasteiger charge is 2.20. The van der Waals surface area contributed by atoms with Crippen molar-refractivity contribution in [3.8, 4) is 22.3 Å². The number of rotatable bonds is 4. The Kier molecular flexibility index (Phi) is 6.36. The van der Waals surface area contributed by atoms with Crippen LogP contribution in [-0.2, 0) is 4.74 Å². The molecule has 0 atom stereocenters. The molecule has 0 saturated carbocycles. The van der Waals surface area contributed by atoms with E-state index in [1.165, 1.54) is 0 Å². The van der Waals surface area contributed by atoms with Crippen LogP contribution in [0.15, 0.2) is 60.9 Å². The minimum atomic E-state index is -0.211. The smallest absolute Gasteiger partial charge is 0.254 e. The minimum absolute atomic E-state index is 0.0276. The molecule has 0 spiro atoms. The lowest BCUT2D eigenvalue weighted by atomic mass is 10.0. The van der Waals surface area contributed by atoms with Crippen LogP contribution in [0.25, 0.3) is 33.3 Å². The first-order valence-electron chi connectivity index (χ1n) is 12.7. The summed E-state index contributed by atoms with van der Waals surface area (Å²) in [4.78, 5) is 26.8. The number of anilines is 1. The lowest BCUT2D eigenvalue weighted by molar-refractivity contribution is 0.0303. The van der Waals surface area contributed by atoms with Crippen LogP contribution in [-0.4, -0.2) is 85.2 Å². The first kappa shape index (κ1) is 23.6. The number of H-pyrrole nitrogens is 1. The molecule has 2 fully saturated rings. The number of amides is 1. The maximum Gasteiger partial charge on any atom is 0.254 e. The van der Waals surface area contributed by atoms with Crippen molar-refractivity contribution in [2.45, 2.75) is 0 Å². The second kappa shape index (κ2) is 9.95. The van der Waals surface area contributed by atoms with Gasteiger partial charge in [-0.05, 0) is 48.5 Å². The number of fused-ring (bicyclic) bond motifs is 1. The van der Waals surface area contributed by atoms with Gasteiger partial charge in [0.15, 0.2) is 0 Å². The van der Waals surface area contributed by atoms with Gasteiger partial charge in [0.2, 0.25) is 0 Å². The highest BCUT2D eigenvalue weighted by molar-refractivity contribution is 5.98. The summed E-state index contributed by atoms with van der Waals surface area (Å²) in [5, 5.41) is 0.952. The SMILES string of the molecule is CN1CCN(c2ccc(-c3cnc4[nH]cc(-c5ccc(C(=O)N6CCOCC6)cc5)c4c3)cc2F)CC1. The monoisotopic (exact) mass is 499 g/mol. The highest BCUT2D eigenvalue weighted by Crippen LogP contribution is 2.33. The summed E-state index contributed by atoms with van der Waals surface area (Å²) < 4.78 is 20.5. The number of carbonyl (C=O) groups is 1. The van der Waals surface area contributed by atoms with E-state index in [2.05, 4.69) is 26.8 Å². The van der Waals surface area contributed by atoms with Crippen molar-refractivity contribution in [1.29, 1.82) is 0 Å². The van der Waals surface area contributed by atoms with Crippen LogP contribution in [0, 0.1) is 5.82 Å². The molecule has 2 aromatic heterocycles. The van der Waals surface area contributed by atoms with Crippen molar-refractivity contribution in [2.24, 2.45) is 0 Å². The van der Waals surface area contributed by atoms with Gasteiger partial charge in [0.05, 0.1) is 18.9 Å². The van der Waals surface area contributed by atoms with Crippen molar-refractivity contribution in [2.75, 3.05) is 64.4 Å². The Hall–Kier alpha value is -3.75. The molecule has 1 amide bonds. The molecule has 7 nitrogen and oxygen atoms in total. The molecule has 190 valence electrons. The third-order valence-electron chi connectivity index (χ3n) is 7.40. The topological polar surface area (TPSA) is 64.7 Å². The zero-order chi connectivity index (χ0) is 25.4. The van der Waals surface area contributed by atoms with Crippen molar-refractivity contribution in [1.82, 2.24) is 19.8 Å². The molecule has 0 unspecified atom stereocenters. The zero-order valence-electron chi connectivity index (χ0n) is 20.9. The minimum Gasteiger partial charge on any atom is -0.378 e. The quantitative estimate of drug-likeness (QED) is 0.455. The molecule has 8 heteroatoms. The van der Waals surface area contributed by atoms with Gasteiger partial charge < -0.3 is 24.4 Å². The van der Waals surface area contributed by atoms with E-state index in [0.29, 0.717) is 37.6 Å². The number of morpholine rings is 1. The largest absolute Gasteiger partial charge is 0.378 e. The van der Waals surface area contributed by atoms with E-state index in [0.717, 1.165) is 59.5 Å². The van der Waals surface area contributed by atoms with Crippen molar-refractivity contribution < 1.29 is 13.9 Å². The normalized spacial score (nSPS) is 16.9. The summed E-state index contributed by atoms with van der Waals surface area (Å²) in [7, 11) is 2.09. The fourth-order valence-electron chi connectivity index (χ4n) is 5.13. The van der Waals surface area contributed by atoms with Gasteiger partial charge in [-0.3, -0.25) is 4.79 Å². The number of carbonyl (C=O) groups excluding carboxylic acids is 1. The Labute approximate surface area is 215 Å². The second-order valence-corrected chi connectivity index (χ2v) is 9.76. The first-order valence-corrected chi connectivity index (χ1v) is 12.7. The lowest BCUT2D eigenvalue weighted by Crippen LogP contribution is -2.44. The van der Waals surface area contributed by atoms with Gasteiger partial charge in [0.25, 0.3) is 5.91 Å². The molecule has 1 N–H and O–H groups in total. The number of nitrogens with zero attached hydrogens (tertiary/aromatic N) is 4. The number of piperazine rings is 1. The Morgan fingerprint density at radius 2 is 1.65 bits per heavy atom. The summed E-state index contributed by atoms with van der Waals surface area (Å²) in [5.41, 5.74) is 5.71. The molecule has 2 saturated heterocycles. The van der Waals surface area contributed by atoms with Gasteiger partial charge in [-0.15, -0.1) is 0 Å². The Bertz CT molecular complexity index is 1420. The molecule has 2 aliphatic heterocycles. The number of benzene rings is 2. The number of pyridine rings is 1. The van der Waals surface area contributed by atoms with E-state index in [-0.39, 0.29) is 11.7 Å². The average molecular weight is 500 g/mol. The molecule has 2 aromatic carbocycles. The predicted octanol–water partition coefficient (Wildman–Crippen LogP) is 4.26. The van der Waals surface area contributed by atoms with E-state index < -0.39 is 0 Å². The number of hydrogen-bond acceptors (Lipinski definition) is 5. The maximum atomic E-state index is 15.1. The van der Waals surface area contributed by atoms with E-state index in [1.54, 1.807) is 12.3 Å². The van der Waals surface area contributed by atoms with E-state index in [4.69, 9.17) is 4.74 Å². The molecule has 0 bridgehead atoms. The molecule has 6 rings (SSSR count). The van der Waals surface area contributed by atoms with Crippen molar-refractivity contribution in [3.63, 3.8) is 0 Å². The first-order chi connectivity index (χ1) is 18.1. The van der Waals surface area contributed by atoms with Crippen LogP contribution in [0.3, 0.4) is 0 Å². The van der Waals surface area contributed by atoms with Gasteiger partial charge in [-0.25, -0.2) is 9.37 Å². The summed E-state index contributed by atoms with van der Waals surface area (Å²) in [6.45, 7) is 5.91. The van der Waals surface area contributed by atoms with Crippen molar-refractivity contribution in [3.05, 3.63) is 72.3 Å². The van der Waals surface area contributed by atoms with Gasteiger partial charge in [-0.2, -0.15) is 0 Å². The number of aromatic amines is 1. The Balaban J connectivity index is 1.26. The van der Waals surface area contributed by atoms with Crippen LogP contribution in [0.5, 0.6) is 0 Å². The van der Waals surface area contributed by atoms with Crippen LogP contribution in [0.4, 0.5) is 10.1 Å². The predicted molar refractivity (Wildman–Crippen MR) is 143 cm³/mol. The number of nitrogens with one attached hydrogen (secondary N) is 1. The molecule has 2 aliphatic rings. The molecule has 0 radical (unpaired) electrons. The van der Waals surface area contributed by atoms with E-state index >= 15 is 4.39 Å². The summed E-state index contributed by atoms with van der Waals surface area (Å²) in [5.74, 6) is -0.184. The zero-order valence-corrected chi connectivity index (χ0v) is 20.9. The van der Waals surface area contributed by atoms with E-state index in [1.807, 2.05) is 53.6 Å². The molecule has 4 heterocycles. The summed E-state index contributed by atoms with van der Waals surface area (Å²) in [6, 6.07) is 15.2. The van der Waals surface area contributed by atoms with Gasteiger partial charge in [-0.1, -0.05) is 18.2 Å². The standard InChI is InChI=1S/C29H30FN5O2/c1-33-8-10-34(11-9-33)27-7-6-22(17-26(27)30)23-16-24-25(19-32-28(24)31-18-23)20-2-4-21(5-3-20)29(36)35-12-14-37-15-13-35/h2-7,16-19H,8-15H2,1H3,(H,31,32). The second-order valence-electron chi connectivity index (χ2n) is 9.76. The van der Waals surface area contributed by atoms with Crippen LogP contribution in [0.1, 0.15) is 10.4 Å². The summed E-state index contributed by atoms with van der Waals surface area (Å²) in [6.07, 6.45) is 3.70. The molecular weight excluding hydrogens is 469 g/mol. The molecular formula is C29H30FN5O2. The maximum absolute atomic E-state index is 15.1. The third-order valence-corrected chi connectivity index (χ3v) is 7.40. The Morgan fingerprint density at radius 3 is 2.38 bits per heavy atom. The lowest BCUT2D eigenvalue weighted by Gasteiger charge is -2.34. The van der Waals surface area contributed by atoms with Crippen LogP contribution >= 0.6 is 0 Å². The fourth-order valence-corrected chi connectivity index (χ4v) is 5.13. The highest BCUT2D eigenvalue weighted by atomic mass is 19.1. The van der Waals surface area contributed by atoms with Gasteiger partial charge in [0, 0.05) is 73.7 Å². The van der Waals surface area contributed by atoms with Gasteiger partial charge in [0.1, 0.15) is 11.5 Å². The van der Waals surface area contributed by atoms with Crippen molar-refractivity contribution >= 4 is 22.6 Å². The van der Waals surface area contributed by atoms with Crippen LogP contribution in [0.2, 0.25) is 0 Å². The third kappa shape index (κ3) is 4.70. The number of likely N-dealkylation sites (N-methyl/N-ethyl adjacent to an activating group) is 1. The number of aromatic nitrogens is 2.